The lowest BCUT2D eigenvalue weighted by atomic mass is 10.0. The van der Waals surface area contributed by atoms with Crippen LogP contribution in [0, 0.1) is 0 Å². The Morgan fingerprint density at radius 3 is 2.32 bits per heavy atom. The number of methoxy groups -OCH3 is 2. The quantitative estimate of drug-likeness (QED) is 0.865. The zero-order chi connectivity index (χ0) is 20.5. The number of hydrazone groups is 1. The predicted octanol–water partition coefficient (Wildman–Crippen LogP) is 3.20. The first-order chi connectivity index (χ1) is 13.2. The molecule has 1 N–H and O–H groups in total. The van der Waals surface area contributed by atoms with E-state index in [0.29, 0.717) is 17.1 Å². The number of alkyl halides is 3. The Labute approximate surface area is 158 Å². The van der Waals surface area contributed by atoms with Gasteiger partial charge in [-0.05, 0) is 48.0 Å². The normalized spacial score (nSPS) is 19.4. The van der Waals surface area contributed by atoms with Gasteiger partial charge < -0.3 is 14.6 Å². The zero-order valence-corrected chi connectivity index (χ0v) is 15.0. The molecule has 0 fully saturated rings. The Bertz CT molecular complexity index is 912. The highest BCUT2D eigenvalue weighted by Gasteiger charge is 2.63. The Morgan fingerprint density at radius 1 is 1.11 bits per heavy atom. The second-order valence-electron chi connectivity index (χ2n) is 6.12. The molecule has 148 valence electrons. The maximum absolute atomic E-state index is 13.7. The fourth-order valence-corrected chi connectivity index (χ4v) is 2.80. The second kappa shape index (κ2) is 7.16. The summed E-state index contributed by atoms with van der Waals surface area (Å²) < 4.78 is 51.0. The molecule has 2 aromatic carbocycles. The molecule has 6 nitrogen and oxygen atoms in total. The van der Waals surface area contributed by atoms with Crippen LogP contribution in [0.3, 0.4) is 0 Å². The molecular weight excluding hydrogens is 377 g/mol. The van der Waals surface area contributed by atoms with E-state index in [1.807, 2.05) is 0 Å². The molecule has 9 heteroatoms. The molecule has 0 unspecified atom stereocenters. The van der Waals surface area contributed by atoms with E-state index in [4.69, 9.17) is 9.47 Å². The summed E-state index contributed by atoms with van der Waals surface area (Å²) in [5.41, 5.74) is -3.28. The summed E-state index contributed by atoms with van der Waals surface area (Å²) in [6, 6.07) is 11.7. The van der Waals surface area contributed by atoms with E-state index >= 15 is 0 Å². The highest BCUT2D eigenvalue weighted by molar-refractivity contribution is 6.05. The van der Waals surface area contributed by atoms with E-state index in [2.05, 4.69) is 5.10 Å². The standard InChI is InChI=1S/C19H17F3N2O4/c1-27-14-8-6-12(7-9-14)16-11-18(26,19(20,21)22)24(23-16)17(25)13-4-3-5-15(10-13)28-2/h3-10,26H,11H2,1-2H3/t18-/m1/s1. The Balaban J connectivity index is 2.02. The minimum atomic E-state index is -5.11. The average molecular weight is 394 g/mol. The van der Waals surface area contributed by atoms with Gasteiger partial charge in [0.25, 0.3) is 11.6 Å². The Morgan fingerprint density at radius 2 is 1.75 bits per heavy atom. The number of carbonyl (C=O) groups excluding carboxylic acids is 1. The van der Waals surface area contributed by atoms with Crippen LogP contribution in [-0.2, 0) is 0 Å². The third-order valence-corrected chi connectivity index (χ3v) is 4.37. The highest BCUT2D eigenvalue weighted by Crippen LogP contribution is 2.42. The number of nitrogens with zero attached hydrogens (tertiary/aromatic N) is 2. The summed E-state index contributed by atoms with van der Waals surface area (Å²) in [6.45, 7) is 0. The lowest BCUT2D eigenvalue weighted by Gasteiger charge is -2.32. The molecule has 0 spiro atoms. The lowest BCUT2D eigenvalue weighted by molar-refractivity contribution is -0.297. The zero-order valence-electron chi connectivity index (χ0n) is 15.0. The molecule has 0 bridgehead atoms. The monoisotopic (exact) mass is 394 g/mol. The first-order valence-corrected chi connectivity index (χ1v) is 8.19. The smallest absolute Gasteiger partial charge is 0.438 e. The predicted molar refractivity (Wildman–Crippen MR) is 94.3 cm³/mol. The van der Waals surface area contributed by atoms with Crippen molar-refractivity contribution in [2.45, 2.75) is 18.3 Å². The molecule has 2 aromatic rings. The Kier molecular flexibility index (Phi) is 5.03. The van der Waals surface area contributed by atoms with Crippen LogP contribution >= 0.6 is 0 Å². The number of benzene rings is 2. The number of halogens is 3. The van der Waals surface area contributed by atoms with Gasteiger partial charge in [-0.25, -0.2) is 0 Å². The van der Waals surface area contributed by atoms with Gasteiger partial charge in [0.1, 0.15) is 11.5 Å². The van der Waals surface area contributed by atoms with Crippen molar-refractivity contribution in [3.8, 4) is 11.5 Å². The van der Waals surface area contributed by atoms with Crippen molar-refractivity contribution in [3.05, 3.63) is 59.7 Å². The highest BCUT2D eigenvalue weighted by atomic mass is 19.4. The number of carbonyl (C=O) groups is 1. The van der Waals surface area contributed by atoms with E-state index in [0.717, 1.165) is 0 Å². The van der Waals surface area contributed by atoms with Crippen LogP contribution < -0.4 is 9.47 Å². The van der Waals surface area contributed by atoms with Gasteiger partial charge in [-0.3, -0.25) is 4.79 Å². The first-order valence-electron chi connectivity index (χ1n) is 8.19. The van der Waals surface area contributed by atoms with Crippen LogP contribution in [0.25, 0.3) is 0 Å². The van der Waals surface area contributed by atoms with Gasteiger partial charge in [-0.15, -0.1) is 0 Å². The topological polar surface area (TPSA) is 71.4 Å². The van der Waals surface area contributed by atoms with Crippen molar-refractivity contribution in [3.63, 3.8) is 0 Å². The van der Waals surface area contributed by atoms with Gasteiger partial charge in [0, 0.05) is 5.56 Å². The number of amides is 1. The van der Waals surface area contributed by atoms with Crippen molar-refractivity contribution in [2.24, 2.45) is 5.10 Å². The molecule has 0 aliphatic carbocycles. The van der Waals surface area contributed by atoms with Crippen LogP contribution in [0.2, 0.25) is 0 Å². The van der Waals surface area contributed by atoms with Gasteiger partial charge >= 0.3 is 6.18 Å². The van der Waals surface area contributed by atoms with Crippen LogP contribution in [0.1, 0.15) is 22.3 Å². The largest absolute Gasteiger partial charge is 0.497 e. The summed E-state index contributed by atoms with van der Waals surface area (Å²) in [5, 5.41) is 14.3. The molecule has 1 atom stereocenters. The average Bonchev–Trinajstić information content (AvgIpc) is 3.06. The van der Waals surface area contributed by atoms with Crippen molar-refractivity contribution in [1.29, 1.82) is 0 Å². The van der Waals surface area contributed by atoms with Crippen LogP contribution in [0.4, 0.5) is 13.2 Å². The summed E-state index contributed by atoms with van der Waals surface area (Å²) >= 11 is 0. The fraction of sp³-hybridized carbons (Fsp3) is 0.263. The Hall–Kier alpha value is -3.07. The maximum Gasteiger partial charge on any atom is 0.438 e. The maximum atomic E-state index is 13.7. The molecule has 0 saturated heterocycles. The van der Waals surface area contributed by atoms with Crippen LogP contribution in [0.15, 0.2) is 53.6 Å². The molecule has 3 rings (SSSR count). The third kappa shape index (κ3) is 3.40. The number of hydrogen-bond donors (Lipinski definition) is 1. The molecule has 0 radical (unpaired) electrons. The van der Waals surface area contributed by atoms with Gasteiger partial charge in [0.05, 0.1) is 26.4 Å². The number of rotatable bonds is 4. The minimum Gasteiger partial charge on any atom is -0.497 e. The van der Waals surface area contributed by atoms with E-state index in [1.54, 1.807) is 18.2 Å². The number of hydrogen-bond acceptors (Lipinski definition) is 5. The van der Waals surface area contributed by atoms with E-state index in [-0.39, 0.29) is 16.3 Å². The second-order valence-corrected chi connectivity index (χ2v) is 6.12. The first kappa shape index (κ1) is 19.7. The van der Waals surface area contributed by atoms with E-state index in [1.165, 1.54) is 44.6 Å². The SMILES string of the molecule is COc1ccc(C2=NN(C(=O)c3cccc(OC)c3)[C@](O)(C(F)(F)F)C2)cc1. The molecule has 1 aliphatic rings. The van der Waals surface area contributed by atoms with Crippen LogP contribution in [0.5, 0.6) is 11.5 Å². The van der Waals surface area contributed by atoms with Crippen molar-refractivity contribution < 1.29 is 32.5 Å². The molecule has 1 aliphatic heterocycles. The van der Waals surface area contributed by atoms with E-state index < -0.39 is 24.2 Å². The molecule has 0 aromatic heterocycles. The summed E-state index contributed by atoms with van der Waals surface area (Å²) in [5.74, 6) is -0.292. The summed E-state index contributed by atoms with van der Waals surface area (Å²) in [6.07, 6.45) is -6.00. The van der Waals surface area contributed by atoms with Crippen molar-refractivity contribution in [2.75, 3.05) is 14.2 Å². The lowest BCUT2D eigenvalue weighted by Crippen LogP contribution is -2.56. The summed E-state index contributed by atoms with van der Waals surface area (Å²) in [7, 11) is 2.82. The number of aliphatic hydroxyl groups is 1. The van der Waals surface area contributed by atoms with E-state index in [9.17, 15) is 23.1 Å². The summed E-state index contributed by atoms with van der Waals surface area (Å²) in [4.78, 5) is 12.7. The molecule has 1 amide bonds. The number of ether oxygens (including phenoxy) is 2. The van der Waals surface area contributed by atoms with Crippen molar-refractivity contribution >= 4 is 11.6 Å². The molecular formula is C19H17F3N2O4. The van der Waals surface area contributed by atoms with Gasteiger partial charge in [0.2, 0.25) is 0 Å². The third-order valence-electron chi connectivity index (χ3n) is 4.37. The molecule has 0 saturated carbocycles. The van der Waals surface area contributed by atoms with Gasteiger partial charge in [0.15, 0.2) is 0 Å². The fourth-order valence-electron chi connectivity index (χ4n) is 2.80. The molecule has 28 heavy (non-hydrogen) atoms. The minimum absolute atomic E-state index is 0.0706. The van der Waals surface area contributed by atoms with Gasteiger partial charge in [-0.1, -0.05) is 6.07 Å². The van der Waals surface area contributed by atoms with Gasteiger partial charge in [-0.2, -0.15) is 23.3 Å². The molecule has 1 heterocycles. The van der Waals surface area contributed by atoms with Crippen molar-refractivity contribution in [1.82, 2.24) is 5.01 Å². The van der Waals surface area contributed by atoms with Crippen LogP contribution in [-0.4, -0.2) is 47.9 Å².